The van der Waals surface area contributed by atoms with Gasteiger partial charge in [0.05, 0.1) is 16.8 Å². The quantitative estimate of drug-likeness (QED) is 0.860. The van der Waals surface area contributed by atoms with Crippen molar-refractivity contribution in [3.63, 3.8) is 0 Å². The highest BCUT2D eigenvalue weighted by atomic mass is 19.1. The maximum absolute atomic E-state index is 12.8. The molecule has 0 aliphatic heterocycles. The van der Waals surface area contributed by atoms with Crippen LogP contribution in [0.5, 0.6) is 0 Å². The zero-order valence-electron chi connectivity index (χ0n) is 10.2. The Morgan fingerprint density at radius 2 is 2.32 bits per heavy atom. The number of aromatic amines is 1. The van der Waals surface area contributed by atoms with E-state index in [0.717, 1.165) is 5.56 Å². The summed E-state index contributed by atoms with van der Waals surface area (Å²) in [5.41, 5.74) is 1.01. The fraction of sp³-hybridized carbons (Fsp3) is 0.308. The number of aromatic nitrogens is 2. The third-order valence-electron chi connectivity index (χ3n) is 3.23. The molecule has 0 unspecified atom stereocenters. The van der Waals surface area contributed by atoms with Gasteiger partial charge >= 0.3 is 0 Å². The summed E-state index contributed by atoms with van der Waals surface area (Å²) in [6, 6.07) is 3.28. The molecule has 2 aromatic rings. The maximum Gasteiger partial charge on any atom is 0.257 e. The molecule has 0 aromatic carbocycles. The minimum atomic E-state index is -1.04. The summed E-state index contributed by atoms with van der Waals surface area (Å²) in [4.78, 5) is 30.1. The van der Waals surface area contributed by atoms with Gasteiger partial charge in [-0.2, -0.15) is 0 Å². The van der Waals surface area contributed by atoms with E-state index in [4.69, 9.17) is 0 Å². The van der Waals surface area contributed by atoms with E-state index < -0.39 is 12.1 Å². The van der Waals surface area contributed by atoms with Crippen molar-refractivity contribution < 1.29 is 9.18 Å². The number of H-pyrrole nitrogens is 1. The predicted octanol–water partition coefficient (Wildman–Crippen LogP) is 1.53. The van der Waals surface area contributed by atoms with Crippen molar-refractivity contribution in [2.24, 2.45) is 5.92 Å². The van der Waals surface area contributed by atoms with Crippen LogP contribution >= 0.6 is 0 Å². The molecule has 0 bridgehead atoms. The van der Waals surface area contributed by atoms with E-state index in [1.807, 2.05) is 0 Å². The average molecular weight is 261 g/mol. The Morgan fingerprint density at radius 3 is 3.00 bits per heavy atom. The zero-order chi connectivity index (χ0) is 13.6. The molecule has 1 amide bonds. The summed E-state index contributed by atoms with van der Waals surface area (Å²) in [5, 5.41) is 3.08. The normalized spacial score (nSPS) is 21.4. The van der Waals surface area contributed by atoms with Crippen molar-refractivity contribution in [3.8, 4) is 0 Å². The summed E-state index contributed by atoms with van der Waals surface area (Å²) in [6.07, 6.45) is 0.739. The Balaban J connectivity index is 1.97. The molecule has 1 saturated carbocycles. The van der Waals surface area contributed by atoms with Gasteiger partial charge in [0.25, 0.3) is 5.56 Å². The first kappa shape index (κ1) is 11.8. The first-order valence-corrected chi connectivity index (χ1v) is 6.00. The number of hydrogen-bond donors (Lipinski definition) is 2. The minimum Gasteiger partial charge on any atom is -0.328 e. The second kappa shape index (κ2) is 4.15. The lowest BCUT2D eigenvalue weighted by Crippen LogP contribution is -2.17. The van der Waals surface area contributed by atoms with Crippen LogP contribution in [0.25, 0.3) is 10.9 Å². The van der Waals surface area contributed by atoms with Gasteiger partial charge in [0.15, 0.2) is 0 Å². The van der Waals surface area contributed by atoms with Gasteiger partial charge < -0.3 is 10.3 Å². The molecule has 6 heteroatoms. The Labute approximate surface area is 107 Å². The second-order valence-electron chi connectivity index (χ2n) is 4.74. The number of pyridine rings is 2. The summed E-state index contributed by atoms with van der Waals surface area (Å²) in [5.74, 6) is -0.569. The van der Waals surface area contributed by atoms with E-state index in [-0.39, 0.29) is 17.9 Å². The Hall–Kier alpha value is -2.24. The molecule has 2 N–H and O–H groups in total. The molecule has 0 saturated heterocycles. The number of halogens is 1. The summed E-state index contributed by atoms with van der Waals surface area (Å²) >= 11 is 0. The number of carbonyl (C=O) groups excluding carboxylic acids is 1. The molecule has 0 spiro atoms. The molecule has 1 fully saturated rings. The smallest absolute Gasteiger partial charge is 0.257 e. The third kappa shape index (κ3) is 2.09. The number of alkyl halides is 1. The molecule has 1 aliphatic carbocycles. The SMILES string of the molecule is Cc1cc(NC(=O)[C@@H]2C[C@@H]2F)nc2cc[nH]c(=O)c12. The first-order valence-electron chi connectivity index (χ1n) is 6.00. The first-order chi connectivity index (χ1) is 9.06. The van der Waals surface area contributed by atoms with Gasteiger partial charge in [-0.3, -0.25) is 9.59 Å². The predicted molar refractivity (Wildman–Crippen MR) is 68.7 cm³/mol. The van der Waals surface area contributed by atoms with Crippen LogP contribution in [-0.2, 0) is 4.79 Å². The number of aryl methyl sites for hydroxylation is 1. The van der Waals surface area contributed by atoms with Gasteiger partial charge in [-0.05, 0) is 31.0 Å². The lowest BCUT2D eigenvalue weighted by Gasteiger charge is -2.07. The molecule has 5 nitrogen and oxygen atoms in total. The molecule has 2 heterocycles. The Bertz CT molecular complexity index is 725. The minimum absolute atomic E-state index is 0.216. The van der Waals surface area contributed by atoms with Crippen molar-refractivity contribution in [3.05, 3.63) is 34.2 Å². The van der Waals surface area contributed by atoms with E-state index in [1.165, 1.54) is 6.20 Å². The maximum atomic E-state index is 12.8. The molecule has 3 rings (SSSR count). The summed E-state index contributed by atoms with van der Waals surface area (Å²) in [7, 11) is 0. The number of anilines is 1. The van der Waals surface area contributed by atoms with Crippen LogP contribution in [-0.4, -0.2) is 22.0 Å². The lowest BCUT2D eigenvalue weighted by molar-refractivity contribution is -0.117. The largest absolute Gasteiger partial charge is 0.328 e. The highest BCUT2D eigenvalue weighted by Gasteiger charge is 2.43. The van der Waals surface area contributed by atoms with E-state index in [0.29, 0.717) is 16.7 Å². The van der Waals surface area contributed by atoms with Crippen LogP contribution in [0.15, 0.2) is 23.1 Å². The molecule has 1 aliphatic rings. The van der Waals surface area contributed by atoms with Gasteiger partial charge in [0.1, 0.15) is 12.0 Å². The van der Waals surface area contributed by atoms with Crippen molar-refractivity contribution in [1.29, 1.82) is 0 Å². The second-order valence-corrected chi connectivity index (χ2v) is 4.74. The Kier molecular flexibility index (Phi) is 2.58. The number of hydrogen-bond acceptors (Lipinski definition) is 3. The lowest BCUT2D eigenvalue weighted by atomic mass is 10.1. The summed E-state index contributed by atoms with van der Waals surface area (Å²) < 4.78 is 12.8. The Morgan fingerprint density at radius 1 is 1.58 bits per heavy atom. The average Bonchev–Trinajstić information content (AvgIpc) is 3.06. The number of amides is 1. The van der Waals surface area contributed by atoms with Crippen LogP contribution < -0.4 is 10.9 Å². The van der Waals surface area contributed by atoms with Gasteiger partial charge in [-0.15, -0.1) is 0 Å². The van der Waals surface area contributed by atoms with Gasteiger partial charge in [-0.25, -0.2) is 9.37 Å². The van der Waals surface area contributed by atoms with E-state index in [2.05, 4.69) is 15.3 Å². The van der Waals surface area contributed by atoms with E-state index in [9.17, 15) is 14.0 Å². The highest BCUT2D eigenvalue weighted by molar-refractivity contribution is 5.95. The van der Waals surface area contributed by atoms with E-state index in [1.54, 1.807) is 19.1 Å². The monoisotopic (exact) mass is 261 g/mol. The van der Waals surface area contributed by atoms with Crippen molar-refractivity contribution in [2.45, 2.75) is 19.5 Å². The van der Waals surface area contributed by atoms with Crippen LogP contribution in [0, 0.1) is 12.8 Å². The molecule has 2 atom stereocenters. The number of fused-ring (bicyclic) bond motifs is 1. The van der Waals surface area contributed by atoms with Crippen LogP contribution in [0.3, 0.4) is 0 Å². The number of nitrogens with zero attached hydrogens (tertiary/aromatic N) is 1. The molecular weight excluding hydrogens is 249 g/mol. The molecule has 2 aromatic heterocycles. The third-order valence-corrected chi connectivity index (χ3v) is 3.23. The standard InChI is InChI=1S/C13H12FN3O2/c1-6-4-10(17-12(18)7-5-8(7)14)16-9-2-3-15-13(19)11(6)9/h2-4,7-8H,5H2,1H3,(H,15,19)(H,16,17,18)/t7-,8+/m1/s1. The van der Waals surface area contributed by atoms with Crippen molar-refractivity contribution in [1.82, 2.24) is 9.97 Å². The van der Waals surface area contributed by atoms with Crippen LogP contribution in [0.1, 0.15) is 12.0 Å². The van der Waals surface area contributed by atoms with Crippen LogP contribution in [0.4, 0.5) is 10.2 Å². The number of nitrogens with one attached hydrogen (secondary N) is 2. The topological polar surface area (TPSA) is 74.8 Å². The number of carbonyl (C=O) groups is 1. The van der Waals surface area contributed by atoms with Gasteiger partial charge in [0, 0.05) is 6.20 Å². The van der Waals surface area contributed by atoms with Gasteiger partial charge in [-0.1, -0.05) is 0 Å². The molecular formula is C13H12FN3O2. The zero-order valence-corrected chi connectivity index (χ0v) is 10.2. The molecule has 98 valence electrons. The van der Waals surface area contributed by atoms with Crippen molar-refractivity contribution in [2.75, 3.05) is 5.32 Å². The van der Waals surface area contributed by atoms with E-state index >= 15 is 0 Å². The number of rotatable bonds is 2. The summed E-state index contributed by atoms with van der Waals surface area (Å²) in [6.45, 7) is 1.77. The highest BCUT2D eigenvalue weighted by Crippen LogP contribution is 2.34. The molecule has 0 radical (unpaired) electrons. The van der Waals surface area contributed by atoms with Crippen LogP contribution in [0.2, 0.25) is 0 Å². The molecule has 19 heavy (non-hydrogen) atoms. The van der Waals surface area contributed by atoms with Crippen molar-refractivity contribution >= 4 is 22.6 Å². The van der Waals surface area contributed by atoms with Gasteiger partial charge in [0.2, 0.25) is 5.91 Å². The fourth-order valence-corrected chi connectivity index (χ4v) is 2.10. The fourth-order valence-electron chi connectivity index (χ4n) is 2.10.